The maximum absolute atomic E-state index is 5.96. The van der Waals surface area contributed by atoms with Gasteiger partial charge in [0.05, 0.1) is 0 Å². The first-order chi connectivity index (χ1) is 7.87. The van der Waals surface area contributed by atoms with Crippen LogP contribution in [0.5, 0.6) is 0 Å². The molecule has 2 heteroatoms. The zero-order valence-electron chi connectivity index (χ0n) is 12.5. The Morgan fingerprint density at radius 3 is 2.35 bits per heavy atom. The average Bonchev–Trinajstić information content (AvgIpc) is 2.25. The van der Waals surface area contributed by atoms with E-state index in [4.69, 9.17) is 5.73 Å². The highest BCUT2D eigenvalue weighted by Gasteiger charge is 2.32. The van der Waals surface area contributed by atoms with Crippen LogP contribution in [0.15, 0.2) is 0 Å². The van der Waals surface area contributed by atoms with E-state index in [0.29, 0.717) is 17.4 Å². The van der Waals surface area contributed by atoms with Crippen molar-refractivity contribution >= 4 is 0 Å². The van der Waals surface area contributed by atoms with Crippen LogP contribution in [-0.2, 0) is 0 Å². The van der Waals surface area contributed by atoms with E-state index in [1.807, 2.05) is 0 Å². The van der Waals surface area contributed by atoms with Crippen molar-refractivity contribution in [2.45, 2.75) is 59.4 Å². The maximum atomic E-state index is 5.96. The minimum absolute atomic E-state index is 0.382. The van der Waals surface area contributed by atoms with Gasteiger partial charge in [-0.15, -0.1) is 0 Å². The molecule has 0 saturated heterocycles. The third-order valence-corrected chi connectivity index (χ3v) is 4.23. The normalized spacial score (nSPS) is 30.9. The van der Waals surface area contributed by atoms with Crippen molar-refractivity contribution in [2.75, 3.05) is 20.1 Å². The second-order valence-electron chi connectivity index (χ2n) is 7.13. The van der Waals surface area contributed by atoms with E-state index in [1.54, 1.807) is 0 Å². The standard InChI is InChI=1S/C15H32N2/c1-6-12-7-8-13(10-16)14(9-12)17(5)11-15(2,3)4/h12-14H,6-11,16H2,1-5H3. The summed E-state index contributed by atoms with van der Waals surface area (Å²) in [5.74, 6) is 1.63. The van der Waals surface area contributed by atoms with E-state index in [-0.39, 0.29) is 0 Å². The lowest BCUT2D eigenvalue weighted by molar-refractivity contribution is 0.0759. The molecule has 0 bridgehead atoms. The van der Waals surface area contributed by atoms with Gasteiger partial charge in [0, 0.05) is 12.6 Å². The zero-order valence-corrected chi connectivity index (χ0v) is 12.5. The molecule has 0 amide bonds. The van der Waals surface area contributed by atoms with Crippen molar-refractivity contribution in [2.24, 2.45) is 23.0 Å². The van der Waals surface area contributed by atoms with Crippen molar-refractivity contribution in [1.82, 2.24) is 4.90 Å². The smallest absolute Gasteiger partial charge is 0.0135 e. The van der Waals surface area contributed by atoms with Gasteiger partial charge in [-0.2, -0.15) is 0 Å². The van der Waals surface area contributed by atoms with E-state index >= 15 is 0 Å². The second kappa shape index (κ2) is 6.19. The molecule has 1 saturated carbocycles. The highest BCUT2D eigenvalue weighted by Crippen LogP contribution is 2.34. The van der Waals surface area contributed by atoms with Crippen molar-refractivity contribution in [1.29, 1.82) is 0 Å². The van der Waals surface area contributed by atoms with Gasteiger partial charge in [0.2, 0.25) is 0 Å². The Morgan fingerprint density at radius 2 is 1.88 bits per heavy atom. The van der Waals surface area contributed by atoms with Gasteiger partial charge in [-0.3, -0.25) is 0 Å². The topological polar surface area (TPSA) is 29.3 Å². The minimum Gasteiger partial charge on any atom is -0.330 e. The Kier molecular flexibility index (Phi) is 5.46. The maximum Gasteiger partial charge on any atom is 0.0135 e. The molecule has 102 valence electrons. The van der Waals surface area contributed by atoms with Crippen molar-refractivity contribution in [3.8, 4) is 0 Å². The van der Waals surface area contributed by atoms with Crippen molar-refractivity contribution < 1.29 is 0 Å². The van der Waals surface area contributed by atoms with Crippen molar-refractivity contribution in [3.63, 3.8) is 0 Å². The first-order valence-corrected chi connectivity index (χ1v) is 7.27. The fraction of sp³-hybridized carbons (Fsp3) is 1.00. The van der Waals surface area contributed by atoms with Crippen LogP contribution in [0.1, 0.15) is 53.4 Å². The molecule has 1 fully saturated rings. The molecule has 0 radical (unpaired) electrons. The Labute approximate surface area is 108 Å². The second-order valence-corrected chi connectivity index (χ2v) is 7.13. The van der Waals surface area contributed by atoms with Crippen LogP contribution in [0.2, 0.25) is 0 Å². The van der Waals surface area contributed by atoms with Gasteiger partial charge in [0.15, 0.2) is 0 Å². The number of nitrogens with zero attached hydrogens (tertiary/aromatic N) is 1. The van der Waals surface area contributed by atoms with Crippen LogP contribution in [0.3, 0.4) is 0 Å². The molecular formula is C15H32N2. The van der Waals surface area contributed by atoms with Gasteiger partial charge in [0.1, 0.15) is 0 Å². The quantitative estimate of drug-likeness (QED) is 0.818. The lowest BCUT2D eigenvalue weighted by Gasteiger charge is -2.42. The van der Waals surface area contributed by atoms with Crippen LogP contribution < -0.4 is 5.73 Å². The van der Waals surface area contributed by atoms with Gasteiger partial charge in [0.25, 0.3) is 0 Å². The molecule has 0 spiro atoms. The Balaban J connectivity index is 2.62. The number of rotatable bonds is 4. The van der Waals surface area contributed by atoms with E-state index in [1.165, 1.54) is 32.2 Å². The Morgan fingerprint density at radius 1 is 1.24 bits per heavy atom. The first kappa shape index (κ1) is 15.0. The van der Waals surface area contributed by atoms with Gasteiger partial charge in [-0.25, -0.2) is 0 Å². The van der Waals surface area contributed by atoms with Gasteiger partial charge >= 0.3 is 0 Å². The first-order valence-electron chi connectivity index (χ1n) is 7.27. The summed E-state index contributed by atoms with van der Waals surface area (Å²) in [5, 5.41) is 0. The summed E-state index contributed by atoms with van der Waals surface area (Å²) in [4.78, 5) is 2.57. The van der Waals surface area contributed by atoms with Crippen LogP contribution in [-0.4, -0.2) is 31.1 Å². The lowest BCUT2D eigenvalue weighted by atomic mass is 9.76. The molecule has 0 aromatic carbocycles. The fourth-order valence-electron chi connectivity index (χ4n) is 3.35. The summed E-state index contributed by atoms with van der Waals surface area (Å²) >= 11 is 0. The Hall–Kier alpha value is -0.0800. The predicted octanol–water partition coefficient (Wildman–Crippen LogP) is 3.12. The summed E-state index contributed by atoms with van der Waals surface area (Å²) < 4.78 is 0. The molecule has 0 aromatic rings. The molecule has 1 aliphatic carbocycles. The summed E-state index contributed by atoms with van der Waals surface area (Å²) in [6.45, 7) is 11.3. The molecule has 3 unspecified atom stereocenters. The van der Waals surface area contributed by atoms with Crippen LogP contribution in [0, 0.1) is 17.3 Å². The molecule has 3 atom stereocenters. The molecule has 0 aromatic heterocycles. The summed E-state index contributed by atoms with van der Waals surface area (Å²) in [6.07, 6.45) is 5.40. The fourth-order valence-corrected chi connectivity index (χ4v) is 3.35. The third kappa shape index (κ3) is 4.59. The van der Waals surface area contributed by atoms with E-state index in [2.05, 4.69) is 39.6 Å². The number of hydrogen-bond acceptors (Lipinski definition) is 2. The number of hydrogen-bond donors (Lipinski definition) is 1. The monoisotopic (exact) mass is 240 g/mol. The minimum atomic E-state index is 0.382. The lowest BCUT2D eigenvalue weighted by Crippen LogP contribution is -2.47. The molecule has 2 N–H and O–H groups in total. The molecule has 1 aliphatic rings. The summed E-state index contributed by atoms with van der Waals surface area (Å²) in [5.41, 5.74) is 6.34. The molecule has 1 rings (SSSR count). The van der Waals surface area contributed by atoms with Gasteiger partial charge < -0.3 is 10.6 Å². The predicted molar refractivity (Wildman–Crippen MR) is 76.0 cm³/mol. The van der Waals surface area contributed by atoms with Gasteiger partial charge in [-0.1, -0.05) is 40.5 Å². The molecule has 2 nitrogen and oxygen atoms in total. The Bertz CT molecular complexity index is 219. The van der Waals surface area contributed by atoms with Crippen LogP contribution >= 0.6 is 0 Å². The van der Waals surface area contributed by atoms with E-state index in [9.17, 15) is 0 Å². The van der Waals surface area contributed by atoms with E-state index < -0.39 is 0 Å². The molecule has 0 aliphatic heterocycles. The van der Waals surface area contributed by atoms with Crippen LogP contribution in [0.25, 0.3) is 0 Å². The number of nitrogens with two attached hydrogens (primary N) is 1. The summed E-state index contributed by atoms with van der Waals surface area (Å²) in [7, 11) is 2.29. The molecule has 17 heavy (non-hydrogen) atoms. The average molecular weight is 240 g/mol. The highest BCUT2D eigenvalue weighted by atomic mass is 15.1. The highest BCUT2D eigenvalue weighted by molar-refractivity contribution is 4.87. The van der Waals surface area contributed by atoms with E-state index in [0.717, 1.165) is 12.5 Å². The molecular weight excluding hydrogens is 208 g/mol. The zero-order chi connectivity index (χ0) is 13.1. The SMILES string of the molecule is CCC1CCC(CN)C(N(C)CC(C)(C)C)C1. The molecule has 0 heterocycles. The summed E-state index contributed by atoms with van der Waals surface area (Å²) in [6, 6.07) is 0.706. The van der Waals surface area contributed by atoms with Crippen molar-refractivity contribution in [3.05, 3.63) is 0 Å². The van der Waals surface area contributed by atoms with Crippen LogP contribution in [0.4, 0.5) is 0 Å². The van der Waals surface area contributed by atoms with Gasteiger partial charge in [-0.05, 0) is 43.7 Å². The largest absolute Gasteiger partial charge is 0.330 e. The third-order valence-electron chi connectivity index (χ3n) is 4.23.